The number of carbonyl (C=O) groups is 1. The number of carbonyl (C=O) groups excluding carboxylic acids is 1. The Morgan fingerprint density at radius 2 is 1.78 bits per heavy atom. The summed E-state index contributed by atoms with van der Waals surface area (Å²) in [6.07, 6.45) is 6.23. The van der Waals surface area contributed by atoms with Crippen LogP contribution in [0, 0.1) is 5.82 Å². The number of nitrogens with zero attached hydrogens (tertiary/aromatic N) is 7. The predicted octanol–water partition coefficient (Wildman–Crippen LogP) is 5.45. The highest BCUT2D eigenvalue weighted by atomic mass is 35.5. The largest absolute Gasteiger partial charge is 0.444 e. The zero-order valence-corrected chi connectivity index (χ0v) is 27.8. The standard InChI is InChI=1S/C31H36ClFN8O4S/c1-6-38(5)46(43,44)37-26-18-22(32)17-24(28(26)33)25-20-41(36-29(25)21-9-11-34-12-10-21)27-8-7-23(19-35-27)39-13-15-40(16-14-39)30(42)45-31(2,3)4/h7-12,17-20,37H,6,13-16H2,1-5H3. The normalized spacial score (nSPS) is 14.1. The van der Waals surface area contributed by atoms with E-state index in [0.717, 1.165) is 9.99 Å². The van der Waals surface area contributed by atoms with Gasteiger partial charge in [0.15, 0.2) is 11.6 Å². The molecule has 15 heteroatoms. The van der Waals surface area contributed by atoms with Crippen LogP contribution >= 0.6 is 11.6 Å². The lowest BCUT2D eigenvalue weighted by Crippen LogP contribution is -2.50. The molecule has 1 aliphatic heterocycles. The minimum atomic E-state index is -4.01. The number of amides is 1. The molecule has 244 valence electrons. The van der Waals surface area contributed by atoms with Crippen LogP contribution in [0.2, 0.25) is 5.02 Å². The van der Waals surface area contributed by atoms with Gasteiger partial charge in [-0.05, 0) is 57.2 Å². The van der Waals surface area contributed by atoms with E-state index in [1.165, 1.54) is 23.9 Å². The van der Waals surface area contributed by atoms with Gasteiger partial charge in [-0.25, -0.2) is 18.9 Å². The topological polar surface area (TPSA) is 126 Å². The minimum absolute atomic E-state index is 0.0573. The van der Waals surface area contributed by atoms with Crippen LogP contribution in [-0.4, -0.2) is 88.8 Å². The van der Waals surface area contributed by atoms with E-state index in [4.69, 9.17) is 21.4 Å². The zero-order valence-electron chi connectivity index (χ0n) is 26.2. The van der Waals surface area contributed by atoms with Crippen LogP contribution in [0.15, 0.2) is 61.2 Å². The molecular weight excluding hydrogens is 635 g/mol. The van der Waals surface area contributed by atoms with E-state index in [1.54, 1.807) is 54.8 Å². The van der Waals surface area contributed by atoms with Crippen molar-refractivity contribution in [2.75, 3.05) is 49.4 Å². The number of halogens is 2. The van der Waals surface area contributed by atoms with Crippen LogP contribution in [0.5, 0.6) is 0 Å². The molecule has 3 aromatic heterocycles. The molecule has 5 rings (SSSR count). The molecule has 0 atom stereocenters. The maximum Gasteiger partial charge on any atom is 0.410 e. The van der Waals surface area contributed by atoms with Gasteiger partial charge in [0.25, 0.3) is 0 Å². The number of rotatable bonds is 8. The Balaban J connectivity index is 1.44. The molecule has 46 heavy (non-hydrogen) atoms. The molecule has 1 fully saturated rings. The average Bonchev–Trinajstić information content (AvgIpc) is 3.47. The first kappa shape index (κ1) is 33.1. The summed E-state index contributed by atoms with van der Waals surface area (Å²) < 4.78 is 51.8. The Morgan fingerprint density at radius 1 is 1.09 bits per heavy atom. The van der Waals surface area contributed by atoms with Crippen LogP contribution in [0.3, 0.4) is 0 Å². The monoisotopic (exact) mass is 670 g/mol. The average molecular weight is 671 g/mol. The van der Waals surface area contributed by atoms with Crippen LogP contribution < -0.4 is 9.62 Å². The number of piperazine rings is 1. The quantitative estimate of drug-likeness (QED) is 0.262. The number of benzene rings is 1. The summed E-state index contributed by atoms with van der Waals surface area (Å²) in [6.45, 7) is 9.67. The summed E-state index contributed by atoms with van der Waals surface area (Å²) in [6, 6.07) is 9.86. The second-order valence-electron chi connectivity index (χ2n) is 11.7. The molecule has 0 aliphatic carbocycles. The van der Waals surface area contributed by atoms with E-state index < -0.39 is 21.6 Å². The predicted molar refractivity (Wildman–Crippen MR) is 176 cm³/mol. The fraction of sp³-hybridized carbons (Fsp3) is 0.355. The smallest absolute Gasteiger partial charge is 0.410 e. The van der Waals surface area contributed by atoms with E-state index in [9.17, 15) is 13.2 Å². The Hall–Kier alpha value is -4.27. The van der Waals surface area contributed by atoms with Crippen molar-refractivity contribution < 1.29 is 22.3 Å². The van der Waals surface area contributed by atoms with Crippen LogP contribution in [0.25, 0.3) is 28.2 Å². The van der Waals surface area contributed by atoms with E-state index in [2.05, 4.69) is 19.6 Å². The second kappa shape index (κ2) is 13.2. The van der Waals surface area contributed by atoms with Crippen molar-refractivity contribution in [3.05, 3.63) is 72.0 Å². The van der Waals surface area contributed by atoms with Crippen molar-refractivity contribution in [3.63, 3.8) is 0 Å². The van der Waals surface area contributed by atoms with Gasteiger partial charge in [0.1, 0.15) is 11.3 Å². The number of anilines is 2. The lowest BCUT2D eigenvalue weighted by molar-refractivity contribution is 0.0240. The third kappa shape index (κ3) is 7.40. The van der Waals surface area contributed by atoms with E-state index in [-0.39, 0.29) is 28.9 Å². The van der Waals surface area contributed by atoms with Crippen LogP contribution in [0.1, 0.15) is 27.7 Å². The molecule has 1 saturated heterocycles. The molecule has 12 nitrogen and oxygen atoms in total. The molecule has 1 N–H and O–H groups in total. The van der Waals surface area contributed by atoms with Gasteiger partial charge in [-0.3, -0.25) is 9.71 Å². The molecule has 0 unspecified atom stereocenters. The number of pyridine rings is 2. The number of nitrogens with one attached hydrogen (secondary N) is 1. The molecule has 4 aromatic rings. The lowest BCUT2D eigenvalue weighted by Gasteiger charge is -2.36. The maximum absolute atomic E-state index is 16.1. The van der Waals surface area contributed by atoms with Crippen LogP contribution in [0.4, 0.5) is 20.6 Å². The summed E-state index contributed by atoms with van der Waals surface area (Å²) in [5.74, 6) is -0.327. The highest BCUT2D eigenvalue weighted by molar-refractivity contribution is 7.90. The van der Waals surface area contributed by atoms with Crippen molar-refractivity contribution in [2.24, 2.45) is 0 Å². The second-order valence-corrected chi connectivity index (χ2v) is 14.0. The molecule has 1 amide bonds. The molecule has 4 heterocycles. The van der Waals surface area contributed by atoms with Crippen molar-refractivity contribution in [1.82, 2.24) is 29.0 Å². The molecular formula is C31H36ClFN8O4S. The summed E-state index contributed by atoms with van der Waals surface area (Å²) >= 11 is 6.38. The Labute approximate surface area is 272 Å². The van der Waals surface area contributed by atoms with Gasteiger partial charge in [0.2, 0.25) is 0 Å². The lowest BCUT2D eigenvalue weighted by atomic mass is 10.0. The van der Waals surface area contributed by atoms with E-state index in [1.807, 2.05) is 26.8 Å². The number of aromatic nitrogens is 4. The van der Waals surface area contributed by atoms with Gasteiger partial charge < -0.3 is 14.5 Å². The van der Waals surface area contributed by atoms with E-state index in [0.29, 0.717) is 48.8 Å². The fourth-order valence-electron chi connectivity index (χ4n) is 4.83. The van der Waals surface area contributed by atoms with Crippen molar-refractivity contribution >= 4 is 39.3 Å². The van der Waals surface area contributed by atoms with Gasteiger partial charge >= 0.3 is 16.3 Å². The van der Waals surface area contributed by atoms with Gasteiger partial charge in [0.05, 0.1) is 17.6 Å². The summed E-state index contributed by atoms with van der Waals surface area (Å²) in [5.41, 5.74) is 1.56. The Kier molecular flexibility index (Phi) is 9.52. The summed E-state index contributed by atoms with van der Waals surface area (Å²) in [5, 5.41) is 4.88. The number of ether oxygens (including phenoxy) is 1. The van der Waals surface area contributed by atoms with Crippen molar-refractivity contribution in [1.29, 1.82) is 0 Å². The van der Waals surface area contributed by atoms with Crippen molar-refractivity contribution in [3.8, 4) is 28.2 Å². The van der Waals surface area contributed by atoms with Gasteiger partial charge in [-0.1, -0.05) is 18.5 Å². The van der Waals surface area contributed by atoms with Gasteiger partial charge in [-0.15, -0.1) is 0 Å². The summed E-state index contributed by atoms with van der Waals surface area (Å²) in [7, 11) is -2.63. The minimum Gasteiger partial charge on any atom is -0.444 e. The Morgan fingerprint density at radius 3 is 2.39 bits per heavy atom. The molecule has 1 aromatic carbocycles. The van der Waals surface area contributed by atoms with E-state index >= 15 is 4.39 Å². The summed E-state index contributed by atoms with van der Waals surface area (Å²) in [4.78, 5) is 25.0. The third-order valence-electron chi connectivity index (χ3n) is 7.35. The SMILES string of the molecule is CCN(C)S(=O)(=O)Nc1cc(Cl)cc(-c2cn(-c3ccc(N4CCN(C(=O)OC(C)(C)C)CC4)cn3)nc2-c2ccncc2)c1F. The fourth-order valence-corrected chi connectivity index (χ4v) is 5.97. The third-order valence-corrected chi connectivity index (χ3v) is 9.13. The molecule has 0 radical (unpaired) electrons. The molecule has 0 saturated carbocycles. The first-order valence-corrected chi connectivity index (χ1v) is 16.5. The highest BCUT2D eigenvalue weighted by Crippen LogP contribution is 2.38. The number of hydrogen-bond acceptors (Lipinski definition) is 8. The first-order valence-electron chi connectivity index (χ1n) is 14.7. The molecule has 0 spiro atoms. The number of hydrogen-bond donors (Lipinski definition) is 1. The van der Waals surface area contributed by atoms with Gasteiger partial charge in [-0.2, -0.15) is 17.8 Å². The van der Waals surface area contributed by atoms with Crippen LogP contribution in [-0.2, 0) is 14.9 Å². The first-order chi connectivity index (χ1) is 21.8. The maximum atomic E-state index is 16.1. The van der Waals surface area contributed by atoms with Gasteiger partial charge in [0, 0.05) is 80.1 Å². The molecule has 1 aliphatic rings. The zero-order chi connectivity index (χ0) is 33.2. The highest BCUT2D eigenvalue weighted by Gasteiger charge is 2.27. The molecule has 0 bridgehead atoms. The van der Waals surface area contributed by atoms with Crippen molar-refractivity contribution in [2.45, 2.75) is 33.3 Å². The Bertz CT molecular complexity index is 1810.